The second kappa shape index (κ2) is 4.25. The van der Waals surface area contributed by atoms with Crippen LogP contribution in [-0.2, 0) is 11.4 Å². The molecule has 0 bridgehead atoms. The van der Waals surface area contributed by atoms with Crippen LogP contribution < -0.4 is 5.90 Å². The topological polar surface area (TPSA) is 76.8 Å². The van der Waals surface area contributed by atoms with Crippen LogP contribution in [0.2, 0.25) is 0 Å². The molecule has 1 aromatic rings. The van der Waals surface area contributed by atoms with Gasteiger partial charge in [0.1, 0.15) is 12.9 Å². The summed E-state index contributed by atoms with van der Waals surface area (Å²) in [6, 6.07) is 0. The van der Waals surface area contributed by atoms with Crippen molar-refractivity contribution in [2.45, 2.75) is 6.61 Å². The van der Waals surface area contributed by atoms with E-state index in [0.29, 0.717) is 5.82 Å². The van der Waals surface area contributed by atoms with Gasteiger partial charge in [0.2, 0.25) is 0 Å². The van der Waals surface area contributed by atoms with Crippen LogP contribution in [0.3, 0.4) is 0 Å². The molecule has 0 saturated heterocycles. The lowest BCUT2D eigenvalue weighted by Gasteiger charge is -1.87. The molecule has 9 heavy (non-hydrogen) atoms. The summed E-state index contributed by atoms with van der Waals surface area (Å²) in [6.07, 6.45) is 1.40. The van der Waals surface area contributed by atoms with Crippen LogP contribution in [0.1, 0.15) is 5.82 Å². The van der Waals surface area contributed by atoms with E-state index in [4.69, 9.17) is 5.90 Å². The SMILES string of the molecule is Cl.NOCc1ncn[nH]1. The molecule has 0 unspecified atom stereocenters. The van der Waals surface area contributed by atoms with Crippen LogP contribution in [0, 0.1) is 0 Å². The predicted octanol–water partition coefficient (Wildman–Crippen LogP) is -0.383. The molecule has 0 fully saturated rings. The lowest BCUT2D eigenvalue weighted by Crippen LogP contribution is -2.00. The zero-order chi connectivity index (χ0) is 5.82. The second-order valence-electron chi connectivity index (χ2n) is 1.24. The molecule has 3 N–H and O–H groups in total. The molecule has 0 amide bonds. The van der Waals surface area contributed by atoms with Gasteiger partial charge in [0, 0.05) is 0 Å². The third-order valence-electron chi connectivity index (χ3n) is 0.685. The Morgan fingerprint density at radius 3 is 3.00 bits per heavy atom. The maximum atomic E-state index is 4.73. The average molecular weight is 151 g/mol. The lowest BCUT2D eigenvalue weighted by atomic mass is 10.7. The number of nitrogens with two attached hydrogens (primary N) is 1. The highest BCUT2D eigenvalue weighted by atomic mass is 35.5. The van der Waals surface area contributed by atoms with Crippen molar-refractivity contribution >= 4 is 12.4 Å². The molecule has 0 aliphatic rings. The van der Waals surface area contributed by atoms with E-state index in [2.05, 4.69) is 20.0 Å². The minimum absolute atomic E-state index is 0. The van der Waals surface area contributed by atoms with E-state index < -0.39 is 0 Å². The van der Waals surface area contributed by atoms with E-state index in [-0.39, 0.29) is 19.0 Å². The van der Waals surface area contributed by atoms with Crippen LogP contribution in [0.5, 0.6) is 0 Å². The van der Waals surface area contributed by atoms with Crippen molar-refractivity contribution in [1.29, 1.82) is 0 Å². The number of hydrogen-bond acceptors (Lipinski definition) is 4. The zero-order valence-corrected chi connectivity index (χ0v) is 5.39. The number of halogens is 1. The summed E-state index contributed by atoms with van der Waals surface area (Å²) in [4.78, 5) is 7.99. The molecule has 0 saturated carbocycles. The number of hydrogen-bond donors (Lipinski definition) is 2. The maximum absolute atomic E-state index is 4.73. The fourth-order valence-electron chi connectivity index (χ4n) is 0.379. The van der Waals surface area contributed by atoms with Crippen molar-refractivity contribution < 1.29 is 4.84 Å². The largest absolute Gasteiger partial charge is 0.297 e. The highest BCUT2D eigenvalue weighted by molar-refractivity contribution is 5.85. The third kappa shape index (κ3) is 2.41. The molecule has 5 nitrogen and oxygen atoms in total. The van der Waals surface area contributed by atoms with Gasteiger partial charge in [0.15, 0.2) is 5.82 Å². The van der Waals surface area contributed by atoms with E-state index in [1.807, 2.05) is 0 Å². The van der Waals surface area contributed by atoms with E-state index in [1.165, 1.54) is 6.33 Å². The number of nitrogens with zero attached hydrogens (tertiary/aromatic N) is 2. The van der Waals surface area contributed by atoms with Gasteiger partial charge in [0.25, 0.3) is 0 Å². The summed E-state index contributed by atoms with van der Waals surface area (Å²) in [7, 11) is 0. The van der Waals surface area contributed by atoms with Crippen molar-refractivity contribution in [3.63, 3.8) is 0 Å². The molecule has 1 aromatic heterocycles. The molecule has 1 heterocycles. The summed E-state index contributed by atoms with van der Waals surface area (Å²) in [5.41, 5.74) is 0. The highest BCUT2D eigenvalue weighted by Crippen LogP contribution is 1.83. The van der Waals surface area contributed by atoms with E-state index >= 15 is 0 Å². The summed E-state index contributed by atoms with van der Waals surface area (Å²) in [5.74, 6) is 5.36. The first kappa shape index (κ1) is 8.35. The van der Waals surface area contributed by atoms with Gasteiger partial charge in [-0.3, -0.25) is 9.94 Å². The first-order valence-electron chi connectivity index (χ1n) is 2.09. The van der Waals surface area contributed by atoms with Crippen LogP contribution in [0.15, 0.2) is 6.33 Å². The van der Waals surface area contributed by atoms with E-state index in [0.717, 1.165) is 0 Å². The van der Waals surface area contributed by atoms with Crippen molar-refractivity contribution in [2.24, 2.45) is 5.90 Å². The van der Waals surface area contributed by atoms with Crippen LogP contribution >= 0.6 is 12.4 Å². The first-order valence-corrected chi connectivity index (χ1v) is 2.09. The number of rotatable bonds is 2. The van der Waals surface area contributed by atoms with Gasteiger partial charge in [0.05, 0.1) is 0 Å². The molecule has 0 atom stereocenters. The zero-order valence-electron chi connectivity index (χ0n) is 4.57. The molecular formula is C3H7ClN4O. The van der Waals surface area contributed by atoms with Gasteiger partial charge in [-0.25, -0.2) is 10.9 Å². The van der Waals surface area contributed by atoms with E-state index in [9.17, 15) is 0 Å². The van der Waals surface area contributed by atoms with Crippen molar-refractivity contribution in [3.8, 4) is 0 Å². The van der Waals surface area contributed by atoms with Crippen LogP contribution in [0.25, 0.3) is 0 Å². The Labute approximate surface area is 58.0 Å². The minimum Gasteiger partial charge on any atom is -0.297 e. The van der Waals surface area contributed by atoms with Crippen LogP contribution in [0.4, 0.5) is 0 Å². The molecule has 0 radical (unpaired) electrons. The molecule has 52 valence electrons. The first-order chi connectivity index (χ1) is 3.93. The average Bonchev–Trinajstić information content (AvgIpc) is 2.19. The number of aromatic nitrogens is 3. The summed E-state index contributed by atoms with van der Waals surface area (Å²) >= 11 is 0. The van der Waals surface area contributed by atoms with Gasteiger partial charge in [-0.2, -0.15) is 5.10 Å². The van der Waals surface area contributed by atoms with Crippen LogP contribution in [-0.4, -0.2) is 15.2 Å². The van der Waals surface area contributed by atoms with Gasteiger partial charge < -0.3 is 0 Å². The minimum atomic E-state index is 0. The fraction of sp³-hybridized carbons (Fsp3) is 0.333. The monoisotopic (exact) mass is 150 g/mol. The quantitative estimate of drug-likeness (QED) is 0.564. The number of aromatic amines is 1. The molecule has 0 spiro atoms. The third-order valence-corrected chi connectivity index (χ3v) is 0.685. The van der Waals surface area contributed by atoms with Crippen molar-refractivity contribution in [2.75, 3.05) is 0 Å². The molecule has 0 aliphatic heterocycles. The highest BCUT2D eigenvalue weighted by Gasteiger charge is 1.89. The predicted molar refractivity (Wildman–Crippen MR) is 32.6 cm³/mol. The Morgan fingerprint density at radius 1 is 1.78 bits per heavy atom. The maximum Gasteiger partial charge on any atom is 0.152 e. The Hall–Kier alpha value is -0.650. The van der Waals surface area contributed by atoms with Gasteiger partial charge in [-0.1, -0.05) is 0 Å². The molecule has 6 heteroatoms. The number of nitrogens with one attached hydrogen (secondary N) is 1. The molecule has 0 aliphatic carbocycles. The van der Waals surface area contributed by atoms with Gasteiger partial charge in [-0.15, -0.1) is 12.4 Å². The summed E-state index contributed by atoms with van der Waals surface area (Å²) in [6.45, 7) is 0.278. The Kier molecular flexibility index (Phi) is 3.94. The normalized spacial score (nSPS) is 8.56. The Balaban J connectivity index is 0.000000640. The summed E-state index contributed by atoms with van der Waals surface area (Å²) in [5, 5.41) is 6.14. The standard InChI is InChI=1S/C3H6N4O.ClH/c4-8-1-3-5-2-6-7-3;/h2H,1,4H2,(H,5,6,7);1H. The second-order valence-corrected chi connectivity index (χ2v) is 1.24. The van der Waals surface area contributed by atoms with Gasteiger partial charge in [-0.05, 0) is 0 Å². The smallest absolute Gasteiger partial charge is 0.152 e. The van der Waals surface area contributed by atoms with Crippen molar-refractivity contribution in [3.05, 3.63) is 12.2 Å². The van der Waals surface area contributed by atoms with E-state index in [1.54, 1.807) is 0 Å². The fourth-order valence-corrected chi connectivity index (χ4v) is 0.379. The molecule has 1 rings (SSSR count). The number of H-pyrrole nitrogens is 1. The van der Waals surface area contributed by atoms with Crippen molar-refractivity contribution in [1.82, 2.24) is 15.2 Å². The molecular weight excluding hydrogens is 144 g/mol. The van der Waals surface area contributed by atoms with Gasteiger partial charge >= 0.3 is 0 Å². The summed E-state index contributed by atoms with van der Waals surface area (Å²) < 4.78 is 0. The Morgan fingerprint density at radius 2 is 2.56 bits per heavy atom. The lowest BCUT2D eigenvalue weighted by molar-refractivity contribution is 0.118. The Bertz CT molecular complexity index is 142. The molecule has 0 aromatic carbocycles.